The fourth-order valence-electron chi connectivity index (χ4n) is 5.22. The zero-order valence-corrected chi connectivity index (χ0v) is 17.8. The molecule has 1 atom stereocenters. The summed E-state index contributed by atoms with van der Waals surface area (Å²) in [7, 11) is 0. The number of likely N-dealkylation sites (tertiary alicyclic amines) is 1. The lowest BCUT2D eigenvalue weighted by molar-refractivity contribution is -0.142. The average Bonchev–Trinajstić information content (AvgIpc) is 3.05. The molecule has 1 aromatic rings. The first-order chi connectivity index (χ1) is 14.9. The largest absolute Gasteiger partial charge is 0.433 e. The lowest BCUT2D eigenvalue weighted by Gasteiger charge is -2.42. The standard InChI is InChI=1S/C22H31F3N4O2/c23-22(24,25)19-5-10-26-21(27-19)28-12-6-16(7-13-28)18-4-2-1-3-11-29(18)20(30)17-8-14-31-15-9-17/h5,10,16-18H,1-4,6-9,11-15H2/t18-/m0/s1. The van der Waals surface area contributed by atoms with Crippen molar-refractivity contribution in [3.63, 3.8) is 0 Å². The first-order valence-corrected chi connectivity index (χ1v) is 11.5. The predicted molar refractivity (Wildman–Crippen MR) is 109 cm³/mol. The highest BCUT2D eigenvalue weighted by Gasteiger charge is 2.38. The maximum Gasteiger partial charge on any atom is 0.433 e. The number of hydrogen-bond acceptors (Lipinski definition) is 5. The molecule has 0 aliphatic carbocycles. The third-order valence-electron chi connectivity index (χ3n) is 6.95. The molecule has 3 aliphatic heterocycles. The summed E-state index contributed by atoms with van der Waals surface area (Å²) in [6.07, 6.45) is 4.30. The molecular weight excluding hydrogens is 409 g/mol. The van der Waals surface area contributed by atoms with Gasteiger partial charge in [-0.2, -0.15) is 13.2 Å². The number of rotatable bonds is 3. The van der Waals surface area contributed by atoms with Crippen LogP contribution in [0, 0.1) is 11.8 Å². The SMILES string of the molecule is O=C(C1CCOCC1)N1CCCCC[C@H]1C1CCN(c2nccc(C(F)(F)F)n2)CC1. The van der Waals surface area contributed by atoms with E-state index in [1.807, 2.05) is 4.90 Å². The lowest BCUT2D eigenvalue weighted by atomic mass is 9.85. The second-order valence-electron chi connectivity index (χ2n) is 8.90. The summed E-state index contributed by atoms with van der Waals surface area (Å²) in [5, 5.41) is 0. The number of anilines is 1. The average molecular weight is 441 g/mol. The van der Waals surface area contributed by atoms with Gasteiger partial charge in [0.15, 0.2) is 0 Å². The van der Waals surface area contributed by atoms with Crippen molar-refractivity contribution >= 4 is 11.9 Å². The van der Waals surface area contributed by atoms with Gasteiger partial charge in [-0.1, -0.05) is 12.8 Å². The van der Waals surface area contributed by atoms with Gasteiger partial charge in [0.1, 0.15) is 5.69 Å². The van der Waals surface area contributed by atoms with Crippen LogP contribution in [0.25, 0.3) is 0 Å². The van der Waals surface area contributed by atoms with E-state index in [1.54, 1.807) is 0 Å². The Labute approximate surface area is 181 Å². The summed E-state index contributed by atoms with van der Waals surface area (Å²) in [4.78, 5) is 25.1. The van der Waals surface area contributed by atoms with Crippen LogP contribution in [0.15, 0.2) is 12.3 Å². The van der Waals surface area contributed by atoms with Gasteiger partial charge < -0.3 is 14.5 Å². The summed E-state index contributed by atoms with van der Waals surface area (Å²) < 4.78 is 44.4. The molecule has 1 amide bonds. The van der Waals surface area contributed by atoms with Crippen LogP contribution in [0.3, 0.4) is 0 Å². The van der Waals surface area contributed by atoms with Crippen molar-refractivity contribution in [2.45, 2.75) is 63.6 Å². The maximum atomic E-state index is 13.3. The quantitative estimate of drug-likeness (QED) is 0.713. The molecule has 0 radical (unpaired) electrons. The molecule has 0 N–H and O–H groups in total. The molecule has 0 unspecified atom stereocenters. The Balaban J connectivity index is 1.42. The molecule has 172 valence electrons. The van der Waals surface area contributed by atoms with Gasteiger partial charge in [0.25, 0.3) is 0 Å². The van der Waals surface area contributed by atoms with Crippen molar-refractivity contribution in [3.05, 3.63) is 18.0 Å². The van der Waals surface area contributed by atoms with Gasteiger partial charge in [-0.3, -0.25) is 4.79 Å². The fourth-order valence-corrected chi connectivity index (χ4v) is 5.22. The van der Waals surface area contributed by atoms with E-state index in [0.717, 1.165) is 64.0 Å². The number of amides is 1. The summed E-state index contributed by atoms with van der Waals surface area (Å²) in [5.74, 6) is 0.847. The highest BCUT2D eigenvalue weighted by molar-refractivity contribution is 5.79. The summed E-state index contributed by atoms with van der Waals surface area (Å²) in [6, 6.07) is 1.13. The van der Waals surface area contributed by atoms with Crippen LogP contribution in [-0.2, 0) is 15.7 Å². The minimum Gasteiger partial charge on any atom is -0.381 e. The molecule has 1 aromatic heterocycles. The van der Waals surface area contributed by atoms with Crippen molar-refractivity contribution in [1.82, 2.24) is 14.9 Å². The molecule has 9 heteroatoms. The minimum atomic E-state index is -4.47. The minimum absolute atomic E-state index is 0.0629. The number of carbonyl (C=O) groups is 1. The molecule has 0 spiro atoms. The van der Waals surface area contributed by atoms with Crippen molar-refractivity contribution in [2.75, 3.05) is 37.7 Å². The third-order valence-corrected chi connectivity index (χ3v) is 6.95. The molecule has 6 nitrogen and oxygen atoms in total. The van der Waals surface area contributed by atoms with Gasteiger partial charge in [-0.15, -0.1) is 0 Å². The van der Waals surface area contributed by atoms with Crippen molar-refractivity contribution in [2.24, 2.45) is 11.8 Å². The monoisotopic (exact) mass is 440 g/mol. The smallest absolute Gasteiger partial charge is 0.381 e. The van der Waals surface area contributed by atoms with Crippen LogP contribution in [0.5, 0.6) is 0 Å². The molecule has 4 heterocycles. The molecule has 31 heavy (non-hydrogen) atoms. The predicted octanol–water partition coefficient (Wildman–Crippen LogP) is 3.91. The van der Waals surface area contributed by atoms with Gasteiger partial charge in [-0.25, -0.2) is 9.97 Å². The topological polar surface area (TPSA) is 58.6 Å². The number of hydrogen-bond donors (Lipinski definition) is 0. The Morgan fingerprint density at radius 1 is 1.00 bits per heavy atom. The molecule has 3 fully saturated rings. The fraction of sp³-hybridized carbons (Fsp3) is 0.773. The second kappa shape index (κ2) is 9.71. The highest BCUT2D eigenvalue weighted by Crippen LogP contribution is 2.34. The van der Waals surface area contributed by atoms with E-state index in [9.17, 15) is 18.0 Å². The Morgan fingerprint density at radius 3 is 2.45 bits per heavy atom. The summed E-state index contributed by atoms with van der Waals surface area (Å²) in [5.41, 5.74) is -0.906. The van der Waals surface area contributed by atoms with Crippen LogP contribution >= 0.6 is 0 Å². The number of alkyl halides is 3. The number of aromatic nitrogens is 2. The van der Waals surface area contributed by atoms with E-state index < -0.39 is 11.9 Å². The van der Waals surface area contributed by atoms with Crippen LogP contribution in [0.4, 0.5) is 19.1 Å². The van der Waals surface area contributed by atoms with Crippen LogP contribution in [0.2, 0.25) is 0 Å². The van der Waals surface area contributed by atoms with Gasteiger partial charge in [-0.05, 0) is 50.5 Å². The van der Waals surface area contributed by atoms with E-state index in [1.165, 1.54) is 6.20 Å². The van der Waals surface area contributed by atoms with Crippen molar-refractivity contribution < 1.29 is 22.7 Å². The molecule has 4 rings (SSSR count). The second-order valence-corrected chi connectivity index (χ2v) is 8.90. The van der Waals surface area contributed by atoms with E-state index in [4.69, 9.17) is 4.74 Å². The Bertz CT molecular complexity index is 747. The number of piperidine rings is 1. The van der Waals surface area contributed by atoms with E-state index >= 15 is 0 Å². The first kappa shape index (κ1) is 22.3. The van der Waals surface area contributed by atoms with Crippen LogP contribution in [0.1, 0.15) is 57.1 Å². The van der Waals surface area contributed by atoms with Gasteiger partial charge in [0.05, 0.1) is 0 Å². The Morgan fingerprint density at radius 2 is 1.74 bits per heavy atom. The molecular formula is C22H31F3N4O2. The van der Waals surface area contributed by atoms with Gasteiger partial charge >= 0.3 is 6.18 Å². The van der Waals surface area contributed by atoms with Gasteiger partial charge in [0, 0.05) is 51.0 Å². The number of nitrogens with zero attached hydrogens (tertiary/aromatic N) is 4. The summed E-state index contributed by atoms with van der Waals surface area (Å²) in [6.45, 7) is 3.36. The molecule has 3 aliphatic rings. The first-order valence-electron chi connectivity index (χ1n) is 11.5. The molecule has 3 saturated heterocycles. The van der Waals surface area contributed by atoms with Crippen LogP contribution in [-0.4, -0.2) is 59.7 Å². The third kappa shape index (κ3) is 5.30. The Kier molecular flexibility index (Phi) is 6.99. The lowest BCUT2D eigenvalue weighted by Crippen LogP contribution is -2.50. The molecule has 0 aromatic carbocycles. The van der Waals surface area contributed by atoms with Crippen molar-refractivity contribution in [3.8, 4) is 0 Å². The highest BCUT2D eigenvalue weighted by atomic mass is 19.4. The number of ether oxygens (including phenoxy) is 1. The van der Waals surface area contributed by atoms with E-state index in [0.29, 0.717) is 32.2 Å². The van der Waals surface area contributed by atoms with Crippen LogP contribution < -0.4 is 4.90 Å². The summed E-state index contributed by atoms with van der Waals surface area (Å²) >= 11 is 0. The normalized spacial score (nSPS) is 24.8. The van der Waals surface area contributed by atoms with Gasteiger partial charge in [0.2, 0.25) is 11.9 Å². The molecule has 0 saturated carbocycles. The maximum absolute atomic E-state index is 13.3. The van der Waals surface area contributed by atoms with E-state index in [-0.39, 0.29) is 23.8 Å². The van der Waals surface area contributed by atoms with E-state index in [2.05, 4.69) is 14.9 Å². The van der Waals surface area contributed by atoms with Crippen molar-refractivity contribution in [1.29, 1.82) is 0 Å². The number of halogens is 3. The molecule has 0 bridgehead atoms. The number of carbonyl (C=O) groups excluding carboxylic acids is 1. The Hall–Kier alpha value is -1.90. The zero-order chi connectivity index (χ0) is 21.8. The zero-order valence-electron chi connectivity index (χ0n) is 17.8.